The van der Waals surface area contributed by atoms with Crippen molar-refractivity contribution in [3.8, 4) is 0 Å². The molecule has 0 saturated heterocycles. The van der Waals surface area contributed by atoms with Gasteiger partial charge in [0.15, 0.2) is 0 Å². The minimum atomic E-state index is 0.853. The topological polar surface area (TPSA) is 29.9 Å². The van der Waals surface area contributed by atoms with Gasteiger partial charge in [0.2, 0.25) is 0 Å². The highest BCUT2D eigenvalue weighted by molar-refractivity contribution is 5.59. The first-order valence-corrected chi connectivity index (χ1v) is 6.27. The predicted molar refractivity (Wildman–Crippen MR) is 77.5 cm³/mol. The van der Waals surface area contributed by atoms with Crippen molar-refractivity contribution in [2.45, 2.75) is 6.54 Å². The van der Waals surface area contributed by atoms with Crippen LogP contribution < -0.4 is 5.32 Å². The minimum absolute atomic E-state index is 0.853. The van der Waals surface area contributed by atoms with Crippen LogP contribution in [0, 0.1) is 0 Å². The molecular weight excluding hydrogens is 234 g/mol. The molecule has 3 aromatic rings. The van der Waals surface area contributed by atoms with Gasteiger partial charge in [0.1, 0.15) is 0 Å². The molecule has 0 radical (unpaired) electrons. The van der Waals surface area contributed by atoms with E-state index in [9.17, 15) is 0 Å². The molecule has 3 heteroatoms. The Morgan fingerprint density at radius 1 is 0.895 bits per heavy atom. The van der Waals surface area contributed by atoms with Crippen molar-refractivity contribution < 1.29 is 0 Å². The summed E-state index contributed by atoms with van der Waals surface area (Å²) in [7, 11) is 0. The normalized spacial score (nSPS) is 10.3. The van der Waals surface area contributed by atoms with E-state index in [1.54, 1.807) is 6.20 Å². The number of hydrogen-bond donors (Lipinski definition) is 1. The minimum Gasteiger partial charge on any atom is -0.356 e. The summed E-state index contributed by atoms with van der Waals surface area (Å²) in [5, 5.41) is 3.37. The Morgan fingerprint density at radius 2 is 1.63 bits per heavy atom. The number of benzene rings is 2. The van der Waals surface area contributed by atoms with Crippen LogP contribution in [-0.4, -0.2) is 9.55 Å². The zero-order valence-electron chi connectivity index (χ0n) is 10.5. The summed E-state index contributed by atoms with van der Waals surface area (Å²) in [6.07, 6.45) is 5.59. The maximum atomic E-state index is 4.04. The van der Waals surface area contributed by atoms with Crippen LogP contribution in [0.15, 0.2) is 73.3 Å². The van der Waals surface area contributed by atoms with Crippen molar-refractivity contribution in [2.24, 2.45) is 0 Å². The van der Waals surface area contributed by atoms with Crippen LogP contribution in [0.2, 0.25) is 0 Å². The molecule has 94 valence electrons. The van der Waals surface area contributed by atoms with E-state index in [-0.39, 0.29) is 0 Å². The lowest BCUT2D eigenvalue weighted by molar-refractivity contribution is 0.797. The summed E-state index contributed by atoms with van der Waals surface area (Å²) in [6.45, 7) is 0.853. The zero-order valence-corrected chi connectivity index (χ0v) is 10.5. The van der Waals surface area contributed by atoms with Gasteiger partial charge in [-0.2, -0.15) is 0 Å². The van der Waals surface area contributed by atoms with Crippen molar-refractivity contribution in [1.82, 2.24) is 9.55 Å². The molecule has 1 heterocycles. The smallest absolute Gasteiger partial charge is 0.0949 e. The van der Waals surface area contributed by atoms with Gasteiger partial charge in [0.25, 0.3) is 0 Å². The highest BCUT2D eigenvalue weighted by Gasteiger charge is 1.96. The van der Waals surface area contributed by atoms with Crippen LogP contribution in [-0.2, 0) is 6.54 Å². The Kier molecular flexibility index (Phi) is 3.28. The fraction of sp³-hybridized carbons (Fsp3) is 0.0625. The summed E-state index contributed by atoms with van der Waals surface area (Å²) < 4.78 is 2.06. The first-order valence-electron chi connectivity index (χ1n) is 6.27. The molecule has 0 unspecified atom stereocenters. The third-order valence-corrected chi connectivity index (χ3v) is 2.94. The van der Waals surface area contributed by atoms with Crippen molar-refractivity contribution in [2.75, 3.05) is 5.32 Å². The van der Waals surface area contributed by atoms with E-state index in [0.717, 1.165) is 17.9 Å². The molecule has 0 saturated carbocycles. The van der Waals surface area contributed by atoms with E-state index < -0.39 is 0 Å². The monoisotopic (exact) mass is 249 g/mol. The molecule has 0 fully saturated rings. The third-order valence-electron chi connectivity index (χ3n) is 2.94. The molecule has 0 aliphatic heterocycles. The van der Waals surface area contributed by atoms with E-state index >= 15 is 0 Å². The summed E-state index contributed by atoms with van der Waals surface area (Å²) in [4.78, 5) is 4.04. The lowest BCUT2D eigenvalue weighted by Gasteiger charge is -2.07. The van der Waals surface area contributed by atoms with Gasteiger partial charge in [0, 0.05) is 30.3 Å². The van der Waals surface area contributed by atoms with Crippen molar-refractivity contribution in [3.05, 3.63) is 78.9 Å². The van der Waals surface area contributed by atoms with Crippen molar-refractivity contribution in [3.63, 3.8) is 0 Å². The van der Waals surface area contributed by atoms with Crippen molar-refractivity contribution >= 4 is 11.4 Å². The number of nitrogens with one attached hydrogen (secondary N) is 1. The molecule has 2 aromatic carbocycles. The first-order chi connectivity index (χ1) is 9.40. The average Bonchev–Trinajstić information content (AvgIpc) is 2.95. The Bertz CT molecular complexity index is 613. The molecule has 1 aromatic heterocycles. The third kappa shape index (κ3) is 3.01. The second-order valence-corrected chi connectivity index (χ2v) is 4.42. The molecule has 1 N–H and O–H groups in total. The number of anilines is 2. The quantitative estimate of drug-likeness (QED) is 0.764. The second kappa shape index (κ2) is 5.40. The van der Waals surface area contributed by atoms with Gasteiger partial charge in [-0.05, 0) is 29.8 Å². The van der Waals surface area contributed by atoms with Gasteiger partial charge in [-0.25, -0.2) is 4.98 Å². The van der Waals surface area contributed by atoms with E-state index in [4.69, 9.17) is 0 Å². The van der Waals surface area contributed by atoms with Crippen LogP contribution in [0.5, 0.6) is 0 Å². The van der Waals surface area contributed by atoms with Crippen LogP contribution in [0.1, 0.15) is 5.56 Å². The molecule has 0 spiro atoms. The fourth-order valence-electron chi connectivity index (χ4n) is 1.97. The zero-order chi connectivity index (χ0) is 12.9. The standard InChI is InChI=1S/C16H15N3/c1-2-4-15(5-3-1)18-16-8-6-14(7-9-16)12-19-11-10-17-13-19/h1-11,13,18H,12H2. The Balaban J connectivity index is 1.69. The van der Waals surface area contributed by atoms with E-state index in [1.165, 1.54) is 5.56 Å². The van der Waals surface area contributed by atoms with E-state index in [1.807, 2.05) is 30.7 Å². The number of aromatic nitrogens is 2. The number of nitrogens with zero attached hydrogens (tertiary/aromatic N) is 2. The second-order valence-electron chi connectivity index (χ2n) is 4.42. The lowest BCUT2D eigenvalue weighted by Crippen LogP contribution is -1.96. The highest BCUT2D eigenvalue weighted by atomic mass is 15.0. The van der Waals surface area contributed by atoms with Crippen LogP contribution in [0.3, 0.4) is 0 Å². The van der Waals surface area contributed by atoms with Crippen LogP contribution in [0.4, 0.5) is 11.4 Å². The molecule has 0 aliphatic carbocycles. The lowest BCUT2D eigenvalue weighted by atomic mass is 10.2. The highest BCUT2D eigenvalue weighted by Crippen LogP contribution is 2.16. The number of rotatable bonds is 4. The van der Waals surface area contributed by atoms with Gasteiger partial charge in [-0.3, -0.25) is 0 Å². The number of para-hydroxylation sites is 1. The average molecular weight is 249 g/mol. The Hall–Kier alpha value is -2.55. The maximum absolute atomic E-state index is 4.04. The van der Waals surface area contributed by atoms with Gasteiger partial charge < -0.3 is 9.88 Å². The van der Waals surface area contributed by atoms with Crippen LogP contribution >= 0.6 is 0 Å². The van der Waals surface area contributed by atoms with E-state index in [0.29, 0.717) is 0 Å². The largest absolute Gasteiger partial charge is 0.356 e. The maximum Gasteiger partial charge on any atom is 0.0949 e. The molecule has 0 atom stereocenters. The van der Waals surface area contributed by atoms with Gasteiger partial charge in [0.05, 0.1) is 6.33 Å². The number of imidazole rings is 1. The summed E-state index contributed by atoms with van der Waals surface area (Å²) in [5.74, 6) is 0. The van der Waals surface area contributed by atoms with Gasteiger partial charge in [-0.15, -0.1) is 0 Å². The summed E-state index contributed by atoms with van der Waals surface area (Å²) in [6, 6.07) is 18.6. The molecule has 19 heavy (non-hydrogen) atoms. The van der Waals surface area contributed by atoms with Crippen LogP contribution in [0.25, 0.3) is 0 Å². The summed E-state index contributed by atoms with van der Waals surface area (Å²) >= 11 is 0. The fourth-order valence-corrected chi connectivity index (χ4v) is 1.97. The molecule has 0 aliphatic rings. The molecule has 3 rings (SSSR count). The Morgan fingerprint density at radius 3 is 2.32 bits per heavy atom. The van der Waals surface area contributed by atoms with E-state index in [2.05, 4.69) is 51.3 Å². The molecule has 3 nitrogen and oxygen atoms in total. The predicted octanol–water partition coefficient (Wildman–Crippen LogP) is 3.68. The SMILES string of the molecule is c1ccc(Nc2ccc(Cn3ccnc3)cc2)cc1. The Labute approximate surface area is 112 Å². The first kappa shape index (κ1) is 11.5. The number of hydrogen-bond acceptors (Lipinski definition) is 2. The summed E-state index contributed by atoms with van der Waals surface area (Å²) in [5.41, 5.74) is 3.46. The van der Waals surface area contributed by atoms with Gasteiger partial charge >= 0.3 is 0 Å². The molecular formula is C16H15N3. The van der Waals surface area contributed by atoms with Crippen molar-refractivity contribution in [1.29, 1.82) is 0 Å². The molecule has 0 amide bonds. The molecule has 0 bridgehead atoms. The van der Waals surface area contributed by atoms with Gasteiger partial charge in [-0.1, -0.05) is 30.3 Å².